The van der Waals surface area contributed by atoms with Crippen LogP contribution in [0.25, 0.3) is 0 Å². The van der Waals surface area contributed by atoms with Crippen molar-refractivity contribution in [3.8, 4) is 11.5 Å². The van der Waals surface area contributed by atoms with E-state index in [1.165, 1.54) is 0 Å². The van der Waals surface area contributed by atoms with E-state index in [-0.39, 0.29) is 23.1 Å². The highest BCUT2D eigenvalue weighted by molar-refractivity contribution is 7.99. The third-order valence-corrected chi connectivity index (χ3v) is 6.52. The minimum absolute atomic E-state index is 0.0247. The molecule has 154 valence electrons. The monoisotopic (exact) mass is 416 g/mol. The first-order valence-corrected chi connectivity index (χ1v) is 10.6. The van der Waals surface area contributed by atoms with Crippen molar-refractivity contribution in [3.63, 3.8) is 0 Å². The zero-order chi connectivity index (χ0) is 20.4. The topological polar surface area (TPSA) is 81.0 Å². The maximum Gasteiger partial charge on any atom is 0.244 e. The van der Waals surface area contributed by atoms with Gasteiger partial charge in [-0.3, -0.25) is 9.59 Å². The molecule has 1 aliphatic heterocycles. The minimum atomic E-state index is -0.513. The van der Waals surface area contributed by atoms with Crippen molar-refractivity contribution < 1.29 is 23.5 Å². The van der Waals surface area contributed by atoms with E-state index in [2.05, 4.69) is 5.32 Å². The molecule has 2 aromatic rings. The van der Waals surface area contributed by atoms with Gasteiger partial charge in [-0.25, -0.2) is 0 Å². The zero-order valence-corrected chi connectivity index (χ0v) is 17.2. The quantitative estimate of drug-likeness (QED) is 0.747. The van der Waals surface area contributed by atoms with E-state index in [1.807, 2.05) is 24.3 Å². The Bertz CT molecular complexity index is 881. The van der Waals surface area contributed by atoms with Gasteiger partial charge in [0.2, 0.25) is 11.8 Å². The number of furan rings is 1. The summed E-state index contributed by atoms with van der Waals surface area (Å²) in [6, 6.07) is 8.72. The molecular formula is C21H24N2O5S. The van der Waals surface area contributed by atoms with E-state index in [0.29, 0.717) is 29.6 Å². The van der Waals surface area contributed by atoms with Crippen LogP contribution in [0.5, 0.6) is 11.5 Å². The number of carbonyl (C=O) groups is 2. The first-order valence-electron chi connectivity index (χ1n) is 9.58. The lowest BCUT2D eigenvalue weighted by Crippen LogP contribution is -2.48. The second kappa shape index (κ2) is 8.41. The van der Waals surface area contributed by atoms with Crippen molar-refractivity contribution in [2.45, 2.75) is 30.8 Å². The lowest BCUT2D eigenvalue weighted by Gasteiger charge is -2.29. The number of nitrogens with one attached hydrogen (secondary N) is 1. The summed E-state index contributed by atoms with van der Waals surface area (Å²) in [6.45, 7) is 0.305. The van der Waals surface area contributed by atoms with Gasteiger partial charge in [-0.05, 0) is 42.7 Å². The van der Waals surface area contributed by atoms with Crippen LogP contribution in [-0.2, 0) is 16.1 Å². The van der Waals surface area contributed by atoms with Crippen molar-refractivity contribution >= 4 is 23.6 Å². The molecule has 1 saturated heterocycles. The molecule has 2 fully saturated rings. The van der Waals surface area contributed by atoms with E-state index < -0.39 is 6.04 Å². The third kappa shape index (κ3) is 4.07. The van der Waals surface area contributed by atoms with Gasteiger partial charge in [0, 0.05) is 11.7 Å². The summed E-state index contributed by atoms with van der Waals surface area (Å²) in [5, 5.41) is 2.67. The van der Waals surface area contributed by atoms with Gasteiger partial charge in [0.15, 0.2) is 11.5 Å². The lowest BCUT2D eigenvalue weighted by atomic mass is 10.1. The highest BCUT2D eigenvalue weighted by atomic mass is 32.2. The number of rotatable bonds is 7. The number of methoxy groups -OCH3 is 2. The molecule has 1 aromatic carbocycles. The Kier molecular flexibility index (Phi) is 5.71. The number of carbonyl (C=O) groups excluding carboxylic acids is 2. The Morgan fingerprint density at radius 1 is 1.21 bits per heavy atom. The number of ether oxygens (including phenoxy) is 2. The SMILES string of the molecule is COc1ccc(C2SCC(C(=O)NCc3ccco3)N2C(=O)C2CC2)cc1OC. The van der Waals surface area contributed by atoms with Crippen LogP contribution >= 0.6 is 11.8 Å². The van der Waals surface area contributed by atoms with Crippen LogP contribution in [0, 0.1) is 5.92 Å². The predicted molar refractivity (Wildman–Crippen MR) is 109 cm³/mol. The number of hydrogen-bond donors (Lipinski definition) is 1. The van der Waals surface area contributed by atoms with Crippen LogP contribution in [0.2, 0.25) is 0 Å². The Hall–Kier alpha value is -2.61. The molecule has 7 nitrogen and oxygen atoms in total. The molecule has 0 spiro atoms. The van der Waals surface area contributed by atoms with E-state index in [0.717, 1.165) is 18.4 Å². The van der Waals surface area contributed by atoms with Gasteiger partial charge < -0.3 is 24.1 Å². The summed E-state index contributed by atoms with van der Waals surface area (Å²) < 4.78 is 16.0. The number of hydrogen-bond acceptors (Lipinski definition) is 6. The number of amides is 2. The van der Waals surface area contributed by atoms with Gasteiger partial charge in [-0.15, -0.1) is 11.8 Å². The van der Waals surface area contributed by atoms with Gasteiger partial charge in [-0.1, -0.05) is 6.07 Å². The second-order valence-electron chi connectivity index (χ2n) is 7.13. The predicted octanol–water partition coefficient (Wildman–Crippen LogP) is 2.97. The molecule has 29 heavy (non-hydrogen) atoms. The second-order valence-corrected chi connectivity index (χ2v) is 8.25. The van der Waals surface area contributed by atoms with Crippen molar-refractivity contribution in [2.24, 2.45) is 5.92 Å². The molecule has 1 aliphatic carbocycles. The average molecular weight is 416 g/mol. The third-order valence-electron chi connectivity index (χ3n) is 5.19. The molecule has 2 heterocycles. The molecule has 2 amide bonds. The fourth-order valence-corrected chi connectivity index (χ4v) is 4.91. The normalized spacial score (nSPS) is 21.1. The van der Waals surface area contributed by atoms with Crippen molar-refractivity contribution in [2.75, 3.05) is 20.0 Å². The Morgan fingerprint density at radius 3 is 2.66 bits per heavy atom. The smallest absolute Gasteiger partial charge is 0.244 e. The van der Waals surface area contributed by atoms with Gasteiger partial charge in [0.05, 0.1) is 27.0 Å². The van der Waals surface area contributed by atoms with Crippen LogP contribution in [0.4, 0.5) is 0 Å². The van der Waals surface area contributed by atoms with E-state index in [1.54, 1.807) is 43.2 Å². The summed E-state index contributed by atoms with van der Waals surface area (Å²) in [7, 11) is 3.17. The first-order chi connectivity index (χ1) is 14.1. The molecule has 4 rings (SSSR count). The Morgan fingerprint density at radius 2 is 2.00 bits per heavy atom. The molecule has 1 saturated carbocycles. The standard InChI is InChI=1S/C21H24N2O5S/c1-26-17-8-7-14(10-18(17)27-2)21-23(20(25)13-5-6-13)16(12-29-21)19(24)22-11-15-4-3-9-28-15/h3-4,7-10,13,16,21H,5-6,11-12H2,1-2H3,(H,22,24). The van der Waals surface area contributed by atoms with Crippen molar-refractivity contribution in [1.29, 1.82) is 0 Å². The summed E-state index contributed by atoms with van der Waals surface area (Å²) >= 11 is 1.59. The molecule has 2 aliphatic rings. The molecule has 2 atom stereocenters. The van der Waals surface area contributed by atoms with Crippen LogP contribution < -0.4 is 14.8 Å². The van der Waals surface area contributed by atoms with Gasteiger partial charge >= 0.3 is 0 Å². The summed E-state index contributed by atoms with van der Waals surface area (Å²) in [5.74, 6) is 2.37. The van der Waals surface area contributed by atoms with Crippen LogP contribution in [0.3, 0.4) is 0 Å². The van der Waals surface area contributed by atoms with Gasteiger partial charge in [-0.2, -0.15) is 0 Å². The summed E-state index contributed by atoms with van der Waals surface area (Å²) in [5.41, 5.74) is 0.919. The van der Waals surface area contributed by atoms with Crippen molar-refractivity contribution in [3.05, 3.63) is 47.9 Å². The molecule has 0 bridgehead atoms. The number of nitrogens with zero attached hydrogens (tertiary/aromatic N) is 1. The largest absolute Gasteiger partial charge is 0.493 e. The molecule has 1 N–H and O–H groups in total. The summed E-state index contributed by atoms with van der Waals surface area (Å²) in [4.78, 5) is 27.7. The lowest BCUT2D eigenvalue weighted by molar-refractivity contribution is -0.141. The molecule has 1 aromatic heterocycles. The van der Waals surface area contributed by atoms with Gasteiger partial charge in [0.1, 0.15) is 17.2 Å². The molecule has 8 heteroatoms. The maximum absolute atomic E-state index is 13.1. The van der Waals surface area contributed by atoms with Crippen LogP contribution in [0.1, 0.15) is 29.5 Å². The highest BCUT2D eigenvalue weighted by Gasteiger charge is 2.46. The van der Waals surface area contributed by atoms with Crippen molar-refractivity contribution in [1.82, 2.24) is 10.2 Å². The van der Waals surface area contributed by atoms with Crippen LogP contribution in [-0.4, -0.2) is 42.7 Å². The zero-order valence-electron chi connectivity index (χ0n) is 16.4. The van der Waals surface area contributed by atoms with E-state index in [4.69, 9.17) is 13.9 Å². The fraction of sp³-hybridized carbons (Fsp3) is 0.429. The summed E-state index contributed by atoms with van der Waals surface area (Å²) in [6.07, 6.45) is 3.35. The Balaban J connectivity index is 1.56. The fourth-order valence-electron chi connectivity index (χ4n) is 3.49. The maximum atomic E-state index is 13.1. The average Bonchev–Trinajstić information content (AvgIpc) is 3.29. The first kappa shape index (κ1) is 19.7. The Labute approximate surface area is 173 Å². The highest BCUT2D eigenvalue weighted by Crippen LogP contribution is 2.46. The number of thioether (sulfide) groups is 1. The van der Waals surface area contributed by atoms with E-state index in [9.17, 15) is 9.59 Å². The molecule has 0 radical (unpaired) electrons. The van der Waals surface area contributed by atoms with E-state index >= 15 is 0 Å². The molecular weight excluding hydrogens is 392 g/mol. The van der Waals surface area contributed by atoms with Crippen LogP contribution in [0.15, 0.2) is 41.0 Å². The molecule has 2 unspecified atom stereocenters. The van der Waals surface area contributed by atoms with Gasteiger partial charge in [0.25, 0.3) is 0 Å². The minimum Gasteiger partial charge on any atom is -0.493 e. The number of benzene rings is 1.